The molecule has 1 aliphatic heterocycles. The molecular weight excluding hydrogens is 248 g/mol. The topological polar surface area (TPSA) is 51.2 Å². The van der Waals surface area contributed by atoms with E-state index in [2.05, 4.69) is 26.2 Å². The highest BCUT2D eigenvalue weighted by molar-refractivity contribution is 9.10. The van der Waals surface area contributed by atoms with Gasteiger partial charge in [-0.05, 0) is 28.4 Å². The Labute approximate surface area is 89.8 Å². The molecule has 2 heterocycles. The fourth-order valence-electron chi connectivity index (χ4n) is 1.26. The number of hydrogen-bond donors (Lipinski definition) is 1. The maximum atomic E-state index is 11.3. The molecule has 0 fully saturated rings. The van der Waals surface area contributed by atoms with E-state index < -0.39 is 0 Å². The van der Waals surface area contributed by atoms with Crippen LogP contribution in [-0.2, 0) is 4.79 Å². The molecule has 0 unspecified atom stereocenters. The Morgan fingerprint density at radius 2 is 2.43 bits per heavy atom. The molecular formula is C9H9BrN2O2. The molecule has 14 heavy (non-hydrogen) atoms. The summed E-state index contributed by atoms with van der Waals surface area (Å²) in [5.74, 6) is 0.461. The minimum atomic E-state index is -0.0354. The van der Waals surface area contributed by atoms with Crippen LogP contribution in [0, 0.1) is 6.92 Å². The Bertz CT molecular complexity index is 393. The lowest BCUT2D eigenvalue weighted by Gasteiger charge is -2.09. The van der Waals surface area contributed by atoms with E-state index in [-0.39, 0.29) is 5.91 Å². The summed E-state index contributed by atoms with van der Waals surface area (Å²) in [4.78, 5) is 15.4. The van der Waals surface area contributed by atoms with Crippen molar-refractivity contribution in [2.24, 2.45) is 0 Å². The van der Waals surface area contributed by atoms with E-state index in [1.165, 1.54) is 0 Å². The van der Waals surface area contributed by atoms with Crippen molar-refractivity contribution in [3.63, 3.8) is 0 Å². The van der Waals surface area contributed by atoms with Crippen LogP contribution in [0.3, 0.4) is 0 Å². The highest BCUT2D eigenvalue weighted by Gasteiger charge is 2.17. The zero-order valence-electron chi connectivity index (χ0n) is 7.63. The van der Waals surface area contributed by atoms with Crippen LogP contribution < -0.4 is 10.1 Å². The lowest BCUT2D eigenvalue weighted by atomic mass is 10.2. The molecule has 1 aromatic rings. The number of aromatic nitrogens is 1. The SMILES string of the molecule is Cc1c(Br)cnc2c1NC(=O)CCO2. The number of hydrogen-bond acceptors (Lipinski definition) is 3. The number of halogens is 1. The van der Waals surface area contributed by atoms with Crippen molar-refractivity contribution in [3.8, 4) is 5.88 Å². The maximum Gasteiger partial charge on any atom is 0.238 e. The van der Waals surface area contributed by atoms with Crippen molar-refractivity contribution >= 4 is 27.5 Å². The lowest BCUT2D eigenvalue weighted by molar-refractivity contribution is -0.116. The predicted octanol–water partition coefficient (Wildman–Crippen LogP) is 1.87. The Morgan fingerprint density at radius 1 is 1.64 bits per heavy atom. The zero-order chi connectivity index (χ0) is 10.1. The molecule has 1 aliphatic rings. The van der Waals surface area contributed by atoms with Crippen LogP contribution >= 0.6 is 15.9 Å². The van der Waals surface area contributed by atoms with Crippen molar-refractivity contribution in [1.82, 2.24) is 4.98 Å². The van der Waals surface area contributed by atoms with Gasteiger partial charge in [-0.25, -0.2) is 4.98 Å². The second kappa shape index (κ2) is 3.57. The quantitative estimate of drug-likeness (QED) is 0.771. The highest BCUT2D eigenvalue weighted by atomic mass is 79.9. The largest absolute Gasteiger partial charge is 0.476 e. The lowest BCUT2D eigenvalue weighted by Crippen LogP contribution is -2.11. The molecule has 0 bridgehead atoms. The third-order valence-electron chi connectivity index (χ3n) is 2.07. The van der Waals surface area contributed by atoms with E-state index in [1.807, 2.05) is 6.92 Å². The number of fused-ring (bicyclic) bond motifs is 1. The summed E-state index contributed by atoms with van der Waals surface area (Å²) in [6.07, 6.45) is 2.04. The summed E-state index contributed by atoms with van der Waals surface area (Å²) in [7, 11) is 0. The summed E-state index contributed by atoms with van der Waals surface area (Å²) in [5.41, 5.74) is 1.60. The van der Waals surface area contributed by atoms with E-state index in [1.54, 1.807) is 6.20 Å². The fraction of sp³-hybridized carbons (Fsp3) is 0.333. The average Bonchev–Trinajstić information content (AvgIpc) is 2.34. The molecule has 5 heteroatoms. The smallest absolute Gasteiger partial charge is 0.238 e. The summed E-state index contributed by atoms with van der Waals surface area (Å²) in [6.45, 7) is 2.28. The molecule has 1 aromatic heterocycles. The van der Waals surface area contributed by atoms with Crippen LogP contribution in [0.1, 0.15) is 12.0 Å². The molecule has 74 valence electrons. The first-order chi connectivity index (χ1) is 6.68. The molecule has 0 atom stereocenters. The molecule has 0 radical (unpaired) electrons. The molecule has 0 aliphatic carbocycles. The number of rotatable bonds is 0. The van der Waals surface area contributed by atoms with Gasteiger partial charge in [-0.3, -0.25) is 4.79 Å². The molecule has 1 N–H and O–H groups in total. The summed E-state index contributed by atoms with van der Waals surface area (Å²) >= 11 is 3.35. The van der Waals surface area contributed by atoms with Crippen LogP contribution in [0.15, 0.2) is 10.7 Å². The van der Waals surface area contributed by atoms with E-state index >= 15 is 0 Å². The van der Waals surface area contributed by atoms with Crippen LogP contribution in [0.2, 0.25) is 0 Å². The van der Waals surface area contributed by atoms with Gasteiger partial charge in [-0.2, -0.15) is 0 Å². The minimum Gasteiger partial charge on any atom is -0.476 e. The van der Waals surface area contributed by atoms with Gasteiger partial charge in [0.2, 0.25) is 11.8 Å². The normalized spacial score (nSPS) is 15.1. The average molecular weight is 257 g/mol. The maximum absolute atomic E-state index is 11.3. The Hall–Kier alpha value is -1.10. The van der Waals surface area contributed by atoms with Gasteiger partial charge in [0, 0.05) is 10.7 Å². The molecule has 0 saturated carbocycles. The number of nitrogens with one attached hydrogen (secondary N) is 1. The van der Waals surface area contributed by atoms with Crippen molar-refractivity contribution in [2.45, 2.75) is 13.3 Å². The van der Waals surface area contributed by atoms with Gasteiger partial charge in [-0.1, -0.05) is 0 Å². The number of nitrogens with zero attached hydrogens (tertiary/aromatic N) is 1. The van der Waals surface area contributed by atoms with E-state index in [0.717, 1.165) is 10.0 Å². The number of anilines is 1. The Morgan fingerprint density at radius 3 is 3.21 bits per heavy atom. The van der Waals surface area contributed by atoms with Gasteiger partial charge < -0.3 is 10.1 Å². The fourth-order valence-corrected chi connectivity index (χ4v) is 1.56. The van der Waals surface area contributed by atoms with Gasteiger partial charge in [0.25, 0.3) is 0 Å². The van der Waals surface area contributed by atoms with Gasteiger partial charge in [-0.15, -0.1) is 0 Å². The van der Waals surface area contributed by atoms with E-state index in [9.17, 15) is 4.79 Å². The van der Waals surface area contributed by atoms with Gasteiger partial charge in [0.15, 0.2) is 0 Å². The second-order valence-electron chi connectivity index (χ2n) is 3.06. The number of amides is 1. The first kappa shape index (κ1) is 9.45. The molecule has 0 saturated heterocycles. The van der Waals surface area contributed by atoms with Crippen molar-refractivity contribution in [1.29, 1.82) is 0 Å². The van der Waals surface area contributed by atoms with Crippen molar-refractivity contribution in [3.05, 3.63) is 16.2 Å². The molecule has 1 amide bonds. The van der Waals surface area contributed by atoms with E-state index in [4.69, 9.17) is 4.74 Å². The van der Waals surface area contributed by atoms with Crippen molar-refractivity contribution < 1.29 is 9.53 Å². The molecule has 0 aromatic carbocycles. The number of carbonyl (C=O) groups is 1. The van der Waals surface area contributed by atoms with Crippen molar-refractivity contribution in [2.75, 3.05) is 11.9 Å². The summed E-state index contributed by atoms with van der Waals surface area (Å²) in [5, 5.41) is 2.78. The van der Waals surface area contributed by atoms with Crippen LogP contribution in [-0.4, -0.2) is 17.5 Å². The Kier molecular flexibility index (Phi) is 2.41. The monoisotopic (exact) mass is 256 g/mol. The minimum absolute atomic E-state index is 0.0354. The zero-order valence-corrected chi connectivity index (χ0v) is 9.22. The van der Waals surface area contributed by atoms with Gasteiger partial charge >= 0.3 is 0 Å². The first-order valence-corrected chi connectivity index (χ1v) is 5.05. The first-order valence-electron chi connectivity index (χ1n) is 4.26. The third kappa shape index (κ3) is 1.59. The standard InChI is InChI=1S/C9H9BrN2O2/c1-5-6(10)4-11-9-8(5)12-7(13)2-3-14-9/h4H,2-3H2,1H3,(H,12,13). The number of carbonyl (C=O) groups excluding carboxylic acids is 1. The third-order valence-corrected chi connectivity index (χ3v) is 2.87. The Balaban J connectivity index is 2.51. The van der Waals surface area contributed by atoms with Crippen LogP contribution in [0.25, 0.3) is 0 Å². The molecule has 2 rings (SSSR count). The van der Waals surface area contributed by atoms with Crippen LogP contribution in [0.5, 0.6) is 5.88 Å². The molecule has 0 spiro atoms. The summed E-state index contributed by atoms with van der Waals surface area (Å²) in [6, 6.07) is 0. The molecule has 4 nitrogen and oxygen atoms in total. The number of pyridine rings is 1. The summed E-state index contributed by atoms with van der Waals surface area (Å²) < 4.78 is 6.20. The van der Waals surface area contributed by atoms with Gasteiger partial charge in [0.05, 0.1) is 13.0 Å². The predicted molar refractivity (Wildman–Crippen MR) is 55.4 cm³/mol. The number of ether oxygens (including phenoxy) is 1. The highest BCUT2D eigenvalue weighted by Crippen LogP contribution is 2.32. The second-order valence-corrected chi connectivity index (χ2v) is 3.91. The van der Waals surface area contributed by atoms with Gasteiger partial charge in [0.1, 0.15) is 5.69 Å². The van der Waals surface area contributed by atoms with E-state index in [0.29, 0.717) is 24.6 Å². The van der Waals surface area contributed by atoms with Crippen LogP contribution in [0.4, 0.5) is 5.69 Å².